The highest BCUT2D eigenvalue weighted by atomic mass is 16.5. The number of hydrogen-bond donors (Lipinski definition) is 2. The normalized spacial score (nSPS) is 10.5. The second-order valence-corrected chi connectivity index (χ2v) is 7.68. The molecule has 0 radical (unpaired) electrons. The molecule has 3 aromatic rings. The van der Waals surface area contributed by atoms with Crippen molar-refractivity contribution in [2.75, 3.05) is 25.0 Å². The molecule has 0 unspecified atom stereocenters. The van der Waals surface area contributed by atoms with Crippen molar-refractivity contribution in [3.05, 3.63) is 102 Å². The molecule has 0 saturated heterocycles. The molecule has 6 heteroatoms. The summed E-state index contributed by atoms with van der Waals surface area (Å²) in [7, 11) is 0. The molecule has 0 atom stereocenters. The Kier molecular flexibility index (Phi) is 9.48. The van der Waals surface area contributed by atoms with Gasteiger partial charge in [0.2, 0.25) is 0 Å². The average molecular weight is 447 g/mol. The Balaban J connectivity index is 1.54. The maximum absolute atomic E-state index is 12.9. The van der Waals surface area contributed by atoms with Crippen molar-refractivity contribution < 1.29 is 19.4 Å². The highest BCUT2D eigenvalue weighted by Crippen LogP contribution is 2.17. The van der Waals surface area contributed by atoms with Crippen molar-refractivity contribution in [1.82, 2.24) is 4.90 Å². The number of anilines is 1. The van der Waals surface area contributed by atoms with Gasteiger partial charge in [-0.3, -0.25) is 4.79 Å². The maximum atomic E-state index is 12.9. The van der Waals surface area contributed by atoms with E-state index in [1.165, 1.54) is 0 Å². The van der Waals surface area contributed by atoms with E-state index < -0.39 is 0 Å². The van der Waals surface area contributed by atoms with E-state index in [0.29, 0.717) is 37.1 Å². The van der Waals surface area contributed by atoms with Crippen molar-refractivity contribution >= 4 is 17.7 Å². The highest BCUT2D eigenvalue weighted by Gasteiger charge is 2.15. The minimum Gasteiger partial charge on any atom is -0.461 e. The van der Waals surface area contributed by atoms with Crippen LogP contribution < -0.4 is 5.32 Å². The SMILES string of the molecule is O=C(CCc1ccccc1)OCc1ccccc1NC(=O)N(CCO)CCc1ccccc1. The Hall–Kier alpha value is -3.64. The fraction of sp³-hybridized carbons (Fsp3) is 0.259. The quantitative estimate of drug-likeness (QED) is 0.427. The number of hydrogen-bond acceptors (Lipinski definition) is 4. The van der Waals surface area contributed by atoms with Crippen LogP contribution in [0.15, 0.2) is 84.9 Å². The average Bonchev–Trinajstić information content (AvgIpc) is 2.86. The second-order valence-electron chi connectivity index (χ2n) is 7.68. The van der Waals surface area contributed by atoms with Gasteiger partial charge in [-0.25, -0.2) is 4.79 Å². The molecule has 0 aliphatic rings. The van der Waals surface area contributed by atoms with E-state index >= 15 is 0 Å². The lowest BCUT2D eigenvalue weighted by Crippen LogP contribution is -2.38. The van der Waals surface area contributed by atoms with E-state index in [-0.39, 0.29) is 31.8 Å². The molecular formula is C27H30N2O4. The van der Waals surface area contributed by atoms with Crippen LogP contribution in [-0.2, 0) is 29.0 Å². The Morgan fingerprint density at radius 3 is 2.06 bits per heavy atom. The lowest BCUT2D eigenvalue weighted by molar-refractivity contribution is -0.144. The first-order chi connectivity index (χ1) is 16.2. The molecule has 0 bridgehead atoms. The number of esters is 1. The van der Waals surface area contributed by atoms with Crippen LogP contribution in [-0.4, -0.2) is 41.7 Å². The van der Waals surface area contributed by atoms with Crippen LogP contribution in [0.1, 0.15) is 23.1 Å². The molecule has 0 fully saturated rings. The zero-order valence-electron chi connectivity index (χ0n) is 18.7. The predicted molar refractivity (Wildman–Crippen MR) is 129 cm³/mol. The zero-order chi connectivity index (χ0) is 23.3. The summed E-state index contributed by atoms with van der Waals surface area (Å²) in [5, 5.41) is 12.3. The van der Waals surface area contributed by atoms with E-state index in [4.69, 9.17) is 4.74 Å². The summed E-state index contributed by atoms with van der Waals surface area (Å²) >= 11 is 0. The van der Waals surface area contributed by atoms with Crippen molar-refractivity contribution in [2.24, 2.45) is 0 Å². The van der Waals surface area contributed by atoms with Crippen LogP contribution in [0.25, 0.3) is 0 Å². The lowest BCUT2D eigenvalue weighted by atomic mass is 10.1. The third kappa shape index (κ3) is 8.09. The summed E-state index contributed by atoms with van der Waals surface area (Å²) in [6.45, 7) is 0.666. The molecule has 0 heterocycles. The minimum absolute atomic E-state index is 0.0775. The molecule has 0 saturated carbocycles. The number of rotatable bonds is 11. The van der Waals surface area contributed by atoms with E-state index in [0.717, 1.165) is 11.1 Å². The number of aliphatic hydroxyl groups is 1. The van der Waals surface area contributed by atoms with Gasteiger partial charge in [0.05, 0.1) is 6.61 Å². The number of aliphatic hydroxyl groups excluding tert-OH is 1. The third-order valence-electron chi connectivity index (χ3n) is 5.28. The number of carbonyl (C=O) groups is 2. The summed E-state index contributed by atoms with van der Waals surface area (Å²) in [5.41, 5.74) is 3.50. The van der Waals surface area contributed by atoms with E-state index in [1.807, 2.05) is 78.9 Å². The van der Waals surface area contributed by atoms with Crippen LogP contribution in [0.3, 0.4) is 0 Å². The standard InChI is InChI=1S/C27H30N2O4/c30-20-19-29(18-17-23-11-5-2-6-12-23)27(32)28-25-14-8-7-13-24(25)21-33-26(31)16-15-22-9-3-1-4-10-22/h1-14,30H,15-21H2,(H,28,32). The number of para-hydroxylation sites is 1. The first-order valence-electron chi connectivity index (χ1n) is 11.1. The topological polar surface area (TPSA) is 78.9 Å². The van der Waals surface area contributed by atoms with Crippen molar-refractivity contribution in [2.45, 2.75) is 25.9 Å². The van der Waals surface area contributed by atoms with Crippen LogP contribution in [0.5, 0.6) is 0 Å². The number of amides is 2. The highest BCUT2D eigenvalue weighted by molar-refractivity contribution is 5.90. The Bertz CT molecular complexity index is 1010. The number of urea groups is 1. The summed E-state index contributed by atoms with van der Waals surface area (Å²) < 4.78 is 5.44. The fourth-order valence-electron chi connectivity index (χ4n) is 3.43. The molecular weight excluding hydrogens is 416 g/mol. The number of benzene rings is 3. The van der Waals surface area contributed by atoms with Gasteiger partial charge in [0.25, 0.3) is 0 Å². The maximum Gasteiger partial charge on any atom is 0.321 e. The van der Waals surface area contributed by atoms with Crippen LogP contribution in [0, 0.1) is 0 Å². The van der Waals surface area contributed by atoms with E-state index in [9.17, 15) is 14.7 Å². The van der Waals surface area contributed by atoms with Crippen molar-refractivity contribution in [3.63, 3.8) is 0 Å². The summed E-state index contributed by atoms with van der Waals surface area (Å²) in [4.78, 5) is 26.6. The van der Waals surface area contributed by atoms with Gasteiger partial charge in [0, 0.05) is 30.8 Å². The minimum atomic E-state index is -0.303. The first kappa shape index (κ1) is 24.0. The molecule has 2 N–H and O–H groups in total. The number of ether oxygens (including phenoxy) is 1. The molecule has 33 heavy (non-hydrogen) atoms. The number of carbonyl (C=O) groups excluding carboxylic acids is 2. The molecule has 3 rings (SSSR count). The number of nitrogens with zero attached hydrogens (tertiary/aromatic N) is 1. The number of nitrogens with one attached hydrogen (secondary N) is 1. The summed E-state index contributed by atoms with van der Waals surface area (Å²) in [6.07, 6.45) is 1.60. The summed E-state index contributed by atoms with van der Waals surface area (Å²) in [5.74, 6) is -0.287. The Labute approximate surface area is 194 Å². The monoisotopic (exact) mass is 446 g/mol. The summed E-state index contributed by atoms with van der Waals surface area (Å²) in [6, 6.07) is 26.6. The molecule has 3 aromatic carbocycles. The van der Waals surface area contributed by atoms with E-state index in [1.54, 1.807) is 11.0 Å². The molecule has 0 aromatic heterocycles. The molecule has 0 spiro atoms. The van der Waals surface area contributed by atoms with Gasteiger partial charge in [-0.05, 0) is 30.0 Å². The van der Waals surface area contributed by atoms with Crippen molar-refractivity contribution in [1.29, 1.82) is 0 Å². The third-order valence-corrected chi connectivity index (χ3v) is 5.28. The van der Waals surface area contributed by atoms with E-state index in [2.05, 4.69) is 5.32 Å². The zero-order valence-corrected chi connectivity index (χ0v) is 18.7. The number of aryl methyl sites for hydroxylation is 1. The van der Waals surface area contributed by atoms with Crippen LogP contribution in [0.2, 0.25) is 0 Å². The van der Waals surface area contributed by atoms with Gasteiger partial charge in [-0.2, -0.15) is 0 Å². The predicted octanol–water partition coefficient (Wildman–Crippen LogP) is 4.43. The second kappa shape index (κ2) is 13.0. The fourth-order valence-corrected chi connectivity index (χ4v) is 3.43. The van der Waals surface area contributed by atoms with Gasteiger partial charge < -0.3 is 20.1 Å². The Morgan fingerprint density at radius 2 is 1.39 bits per heavy atom. The molecule has 6 nitrogen and oxygen atoms in total. The van der Waals surface area contributed by atoms with Crippen LogP contribution in [0.4, 0.5) is 10.5 Å². The van der Waals surface area contributed by atoms with Crippen LogP contribution >= 0.6 is 0 Å². The largest absolute Gasteiger partial charge is 0.461 e. The van der Waals surface area contributed by atoms with Gasteiger partial charge in [-0.15, -0.1) is 0 Å². The lowest BCUT2D eigenvalue weighted by Gasteiger charge is -2.23. The van der Waals surface area contributed by atoms with Gasteiger partial charge in [0.15, 0.2) is 0 Å². The first-order valence-corrected chi connectivity index (χ1v) is 11.1. The van der Waals surface area contributed by atoms with Crippen molar-refractivity contribution in [3.8, 4) is 0 Å². The van der Waals surface area contributed by atoms with Gasteiger partial charge in [-0.1, -0.05) is 78.9 Å². The smallest absolute Gasteiger partial charge is 0.321 e. The van der Waals surface area contributed by atoms with Gasteiger partial charge in [0.1, 0.15) is 6.61 Å². The molecule has 0 aliphatic carbocycles. The molecule has 2 amide bonds. The Morgan fingerprint density at radius 1 is 0.788 bits per heavy atom. The van der Waals surface area contributed by atoms with Gasteiger partial charge >= 0.3 is 12.0 Å². The molecule has 0 aliphatic heterocycles. The molecule has 172 valence electrons.